The Kier molecular flexibility index (Phi) is 3.10. The second kappa shape index (κ2) is 4.70. The molecule has 16 heavy (non-hydrogen) atoms. The van der Waals surface area contributed by atoms with E-state index in [2.05, 4.69) is 11.9 Å². The van der Waals surface area contributed by atoms with Crippen LogP contribution in [0.15, 0.2) is 34.9 Å². The van der Waals surface area contributed by atoms with E-state index < -0.39 is 0 Å². The number of aromatic nitrogens is 1. The quantitative estimate of drug-likeness (QED) is 0.857. The standard InChI is InChI=1S/C12H14N2O2/c1-2-7-15-10-5-3-9(4-6-10)11-8-14-12(13)16-11/h3-6,8H,2,7H2,1H3,(H2,13,14). The molecular formula is C12H14N2O2. The van der Waals surface area contributed by atoms with Crippen molar-refractivity contribution in [3.8, 4) is 17.1 Å². The number of hydrogen-bond donors (Lipinski definition) is 1. The summed E-state index contributed by atoms with van der Waals surface area (Å²) in [5.74, 6) is 1.53. The van der Waals surface area contributed by atoms with Gasteiger partial charge < -0.3 is 14.9 Å². The van der Waals surface area contributed by atoms with E-state index in [1.54, 1.807) is 6.20 Å². The largest absolute Gasteiger partial charge is 0.494 e. The van der Waals surface area contributed by atoms with Gasteiger partial charge in [-0.05, 0) is 30.7 Å². The average molecular weight is 218 g/mol. The van der Waals surface area contributed by atoms with Crippen LogP contribution in [0, 0.1) is 0 Å². The molecule has 0 bridgehead atoms. The highest BCUT2D eigenvalue weighted by Gasteiger charge is 2.03. The molecule has 0 saturated carbocycles. The van der Waals surface area contributed by atoms with E-state index in [0.29, 0.717) is 5.76 Å². The third-order valence-corrected chi connectivity index (χ3v) is 2.14. The Morgan fingerprint density at radius 3 is 2.62 bits per heavy atom. The molecule has 4 heteroatoms. The van der Waals surface area contributed by atoms with E-state index >= 15 is 0 Å². The summed E-state index contributed by atoms with van der Waals surface area (Å²) >= 11 is 0. The molecule has 84 valence electrons. The highest BCUT2D eigenvalue weighted by Crippen LogP contribution is 2.23. The summed E-state index contributed by atoms with van der Waals surface area (Å²) < 4.78 is 10.7. The maximum Gasteiger partial charge on any atom is 0.292 e. The smallest absolute Gasteiger partial charge is 0.292 e. The number of ether oxygens (including phenoxy) is 1. The Hall–Kier alpha value is -1.97. The highest BCUT2D eigenvalue weighted by molar-refractivity contribution is 5.58. The van der Waals surface area contributed by atoms with Gasteiger partial charge in [0.15, 0.2) is 5.76 Å². The van der Waals surface area contributed by atoms with Gasteiger partial charge in [0.1, 0.15) is 5.75 Å². The fourth-order valence-electron chi connectivity index (χ4n) is 1.36. The van der Waals surface area contributed by atoms with E-state index in [1.807, 2.05) is 24.3 Å². The lowest BCUT2D eigenvalue weighted by Gasteiger charge is -2.04. The van der Waals surface area contributed by atoms with Gasteiger partial charge in [-0.3, -0.25) is 0 Å². The number of nitrogens with two attached hydrogens (primary N) is 1. The molecule has 0 fully saturated rings. The first-order chi connectivity index (χ1) is 7.79. The molecular weight excluding hydrogens is 204 g/mol. The van der Waals surface area contributed by atoms with Crippen molar-refractivity contribution < 1.29 is 9.15 Å². The Balaban J connectivity index is 2.13. The summed E-state index contributed by atoms with van der Waals surface area (Å²) in [5, 5.41) is 0. The molecule has 2 aromatic rings. The Bertz CT molecular complexity index is 448. The Labute approximate surface area is 94.1 Å². The van der Waals surface area contributed by atoms with E-state index in [9.17, 15) is 0 Å². The zero-order chi connectivity index (χ0) is 11.4. The molecule has 0 spiro atoms. The summed E-state index contributed by atoms with van der Waals surface area (Å²) in [6.45, 7) is 2.81. The van der Waals surface area contributed by atoms with Crippen LogP contribution in [0.25, 0.3) is 11.3 Å². The van der Waals surface area contributed by atoms with Crippen molar-refractivity contribution in [1.29, 1.82) is 0 Å². The molecule has 4 nitrogen and oxygen atoms in total. The van der Waals surface area contributed by atoms with E-state index in [1.165, 1.54) is 0 Å². The van der Waals surface area contributed by atoms with Crippen LogP contribution in [0.4, 0.5) is 6.01 Å². The second-order valence-electron chi connectivity index (χ2n) is 3.44. The van der Waals surface area contributed by atoms with Gasteiger partial charge in [0.25, 0.3) is 6.01 Å². The van der Waals surface area contributed by atoms with Gasteiger partial charge in [0.05, 0.1) is 12.8 Å². The minimum atomic E-state index is 0.182. The fraction of sp³-hybridized carbons (Fsp3) is 0.250. The molecule has 0 unspecified atom stereocenters. The lowest BCUT2D eigenvalue weighted by Crippen LogP contribution is -1.94. The van der Waals surface area contributed by atoms with Gasteiger partial charge in [-0.2, -0.15) is 0 Å². The van der Waals surface area contributed by atoms with Crippen LogP contribution in [0.1, 0.15) is 13.3 Å². The molecule has 0 amide bonds. The third-order valence-electron chi connectivity index (χ3n) is 2.14. The first kappa shape index (κ1) is 10.5. The predicted molar refractivity (Wildman–Crippen MR) is 62.1 cm³/mol. The van der Waals surface area contributed by atoms with Crippen LogP contribution < -0.4 is 10.5 Å². The highest BCUT2D eigenvalue weighted by atomic mass is 16.5. The number of anilines is 1. The summed E-state index contributed by atoms with van der Waals surface area (Å²) in [7, 11) is 0. The second-order valence-corrected chi connectivity index (χ2v) is 3.44. The van der Waals surface area contributed by atoms with Crippen LogP contribution in [-0.4, -0.2) is 11.6 Å². The van der Waals surface area contributed by atoms with Crippen molar-refractivity contribution in [2.45, 2.75) is 13.3 Å². The van der Waals surface area contributed by atoms with Gasteiger partial charge in [0.2, 0.25) is 0 Å². The molecule has 0 saturated heterocycles. The lowest BCUT2D eigenvalue weighted by atomic mass is 10.2. The van der Waals surface area contributed by atoms with Crippen LogP contribution in [-0.2, 0) is 0 Å². The molecule has 1 aromatic carbocycles. The topological polar surface area (TPSA) is 61.3 Å². The van der Waals surface area contributed by atoms with Crippen molar-refractivity contribution in [3.05, 3.63) is 30.5 Å². The number of rotatable bonds is 4. The van der Waals surface area contributed by atoms with E-state index in [0.717, 1.165) is 24.3 Å². The number of oxazole rings is 1. The van der Waals surface area contributed by atoms with Crippen LogP contribution in [0.5, 0.6) is 5.75 Å². The lowest BCUT2D eigenvalue weighted by molar-refractivity contribution is 0.317. The molecule has 2 N–H and O–H groups in total. The number of benzene rings is 1. The summed E-state index contributed by atoms with van der Waals surface area (Å²) in [4.78, 5) is 3.84. The molecule has 0 aliphatic heterocycles. The molecule has 2 rings (SSSR count). The Morgan fingerprint density at radius 2 is 2.06 bits per heavy atom. The molecule has 0 atom stereocenters. The molecule has 0 aliphatic carbocycles. The monoisotopic (exact) mass is 218 g/mol. The van der Waals surface area contributed by atoms with Crippen LogP contribution in [0.3, 0.4) is 0 Å². The first-order valence-electron chi connectivity index (χ1n) is 5.24. The van der Waals surface area contributed by atoms with E-state index in [-0.39, 0.29) is 6.01 Å². The van der Waals surface area contributed by atoms with E-state index in [4.69, 9.17) is 14.9 Å². The molecule has 1 heterocycles. The minimum absolute atomic E-state index is 0.182. The van der Waals surface area contributed by atoms with Crippen molar-refractivity contribution in [2.75, 3.05) is 12.3 Å². The molecule has 0 aliphatic rings. The normalized spacial score (nSPS) is 10.3. The summed E-state index contributed by atoms with van der Waals surface area (Å²) in [5.41, 5.74) is 6.35. The first-order valence-corrected chi connectivity index (χ1v) is 5.24. The zero-order valence-electron chi connectivity index (χ0n) is 9.14. The third kappa shape index (κ3) is 2.34. The number of hydrogen-bond acceptors (Lipinski definition) is 4. The van der Waals surface area contributed by atoms with Gasteiger partial charge in [-0.1, -0.05) is 6.92 Å². The maximum atomic E-state index is 5.48. The fourth-order valence-corrected chi connectivity index (χ4v) is 1.36. The Morgan fingerprint density at radius 1 is 1.31 bits per heavy atom. The minimum Gasteiger partial charge on any atom is -0.494 e. The van der Waals surface area contributed by atoms with Gasteiger partial charge in [-0.25, -0.2) is 4.98 Å². The number of nitrogens with zero attached hydrogens (tertiary/aromatic N) is 1. The zero-order valence-corrected chi connectivity index (χ0v) is 9.14. The predicted octanol–water partition coefficient (Wildman–Crippen LogP) is 2.71. The van der Waals surface area contributed by atoms with Crippen LogP contribution in [0.2, 0.25) is 0 Å². The van der Waals surface area contributed by atoms with Crippen molar-refractivity contribution >= 4 is 6.01 Å². The van der Waals surface area contributed by atoms with Gasteiger partial charge >= 0.3 is 0 Å². The number of nitrogen functional groups attached to an aromatic ring is 1. The van der Waals surface area contributed by atoms with Crippen molar-refractivity contribution in [3.63, 3.8) is 0 Å². The summed E-state index contributed by atoms with van der Waals surface area (Å²) in [6.07, 6.45) is 2.61. The van der Waals surface area contributed by atoms with Gasteiger partial charge in [0, 0.05) is 5.56 Å². The molecule has 1 aromatic heterocycles. The summed E-state index contributed by atoms with van der Waals surface area (Å²) in [6, 6.07) is 7.84. The van der Waals surface area contributed by atoms with Crippen LogP contribution >= 0.6 is 0 Å². The van der Waals surface area contributed by atoms with Crippen molar-refractivity contribution in [1.82, 2.24) is 4.98 Å². The average Bonchev–Trinajstić information content (AvgIpc) is 2.74. The van der Waals surface area contributed by atoms with Crippen molar-refractivity contribution in [2.24, 2.45) is 0 Å². The van der Waals surface area contributed by atoms with Gasteiger partial charge in [-0.15, -0.1) is 0 Å². The molecule has 0 radical (unpaired) electrons. The SMILES string of the molecule is CCCOc1ccc(-c2cnc(N)o2)cc1. The maximum absolute atomic E-state index is 5.48.